The van der Waals surface area contributed by atoms with Crippen LogP contribution in [0.5, 0.6) is 0 Å². The number of fused-ring (bicyclic) bond motifs is 7. The molecule has 0 radical (unpaired) electrons. The normalized spacial score (nSPS) is 13.6. The van der Waals surface area contributed by atoms with Crippen molar-refractivity contribution in [2.75, 3.05) is 26.2 Å². The van der Waals surface area contributed by atoms with Gasteiger partial charge in [-0.05, 0) is 71.3 Å². The summed E-state index contributed by atoms with van der Waals surface area (Å²) in [5.74, 6) is -10.5. The lowest BCUT2D eigenvalue weighted by molar-refractivity contribution is -0.148. The number of nitrogens with zero attached hydrogens (tertiary/aromatic N) is 16. The molecule has 0 aliphatic carbocycles. The largest absolute Gasteiger partial charge is 0.478 e. The van der Waals surface area contributed by atoms with Crippen LogP contribution in [0.3, 0.4) is 0 Å². The van der Waals surface area contributed by atoms with Crippen LogP contribution in [0.25, 0.3) is 32.3 Å². The molecule has 0 spiro atoms. The van der Waals surface area contributed by atoms with Crippen LogP contribution in [0.15, 0.2) is 142 Å². The predicted molar refractivity (Wildman–Crippen MR) is 406 cm³/mol. The Kier molecular flexibility index (Phi) is 24.9. The number of primary amides is 1. The molecular weight excluding hydrogens is 1680 g/mol. The van der Waals surface area contributed by atoms with Crippen LogP contribution >= 0.6 is 0 Å². The van der Waals surface area contributed by atoms with Crippen molar-refractivity contribution < 1.29 is 90.1 Å². The number of nitrogens with one attached hydrogen (secondary N) is 5. The van der Waals surface area contributed by atoms with Crippen LogP contribution in [-0.4, -0.2) is 134 Å². The molecule has 4 aliphatic rings. The molecule has 30 nitrogen and oxygen atoms in total. The van der Waals surface area contributed by atoms with E-state index in [0.29, 0.717) is 84.9 Å². The zero-order valence-corrected chi connectivity index (χ0v) is 63.9. The summed E-state index contributed by atoms with van der Waals surface area (Å²) in [5, 5.41) is 64.7. The molecule has 642 valence electrons. The fourth-order valence-corrected chi connectivity index (χ4v) is 14.4. The number of alkyl halides is 12. The number of H-pyrrole nitrogens is 3. The van der Waals surface area contributed by atoms with E-state index in [9.17, 15) is 110 Å². The number of aromatic carboxylic acids is 1. The number of rotatable bonds is 10. The lowest BCUT2D eigenvalue weighted by Gasteiger charge is -2.29. The van der Waals surface area contributed by atoms with Crippen molar-refractivity contribution in [3.63, 3.8) is 0 Å². The minimum atomic E-state index is -4.75. The Balaban J connectivity index is 0.000000140. The number of carbonyl (C=O) groups excluding carboxylic acids is 3. The number of imidazole rings is 4. The second kappa shape index (κ2) is 35.5. The van der Waals surface area contributed by atoms with Crippen molar-refractivity contribution in [1.82, 2.24) is 89.2 Å². The third kappa shape index (κ3) is 18.7. The third-order valence-electron chi connectivity index (χ3n) is 20.1. The van der Waals surface area contributed by atoms with E-state index in [1.165, 1.54) is 46.2 Å². The number of carboxylic acids is 1. The molecule has 0 atom stereocenters. The first-order chi connectivity index (χ1) is 59.3. The Morgan fingerprint density at radius 3 is 1.05 bits per heavy atom. The van der Waals surface area contributed by atoms with E-state index in [1.807, 2.05) is 0 Å². The van der Waals surface area contributed by atoms with Gasteiger partial charge in [0.05, 0.1) is 85.8 Å². The van der Waals surface area contributed by atoms with Crippen molar-refractivity contribution in [1.29, 1.82) is 15.8 Å². The molecule has 13 aromatic rings. The summed E-state index contributed by atoms with van der Waals surface area (Å²) in [5.41, 5.74) is 5.54. The fraction of sp³-hybridized carbons (Fsp3) is 0.237. The number of hydrogen-bond acceptors (Lipinski definition) is 19. The van der Waals surface area contributed by atoms with E-state index in [1.54, 1.807) is 91.0 Å². The molecule has 17 rings (SSSR count). The molecule has 0 bridgehead atoms. The Morgan fingerprint density at radius 1 is 0.408 bits per heavy atom. The maximum atomic E-state index is 14.7. The number of halogens is 15. The molecule has 8 N–H and O–H groups in total. The van der Waals surface area contributed by atoms with Gasteiger partial charge in [-0.3, -0.25) is 28.8 Å². The average molecular weight is 1740 g/mol. The van der Waals surface area contributed by atoms with Crippen LogP contribution in [0.2, 0.25) is 0 Å². The SMILES string of the molecule is N#Cc1nc(C(F)(F)F)n2c1CN(C(=O)c1cc(Cc3n[nH]c(=O)c4ccccc34)ccc1F)CC2.N#Cc1nc(C(F)(F)F)n2c1CN(C(=O)c1cc(Cc3n[nH]c(=O)c4ccccc34)ccc1F)CC2.N#Cc1nc(C(F)(F)F)n2c1CNCC2.NC(=O)c1nc(C(F)(F)F)n2c1CNCC2.O=C(O)c1cc(Cc2n[nH]c(=O)c3ccccc23)ccc1F. The van der Waals surface area contributed by atoms with Crippen LogP contribution in [0.4, 0.5) is 65.9 Å². The van der Waals surface area contributed by atoms with Crippen LogP contribution < -0.4 is 33.0 Å². The summed E-state index contributed by atoms with van der Waals surface area (Å²) < 4.78 is 202. The summed E-state index contributed by atoms with van der Waals surface area (Å²) in [4.78, 5) is 99.9. The standard InChI is InChI=1S/2C24H16F4N6O2.C16H11FN2O3.C8H9F3N4O.C8H7F3N4/c2*25-17-6-5-13(10-18-14-3-1-2-4-15(14)21(35)32-31-18)9-16(17)22(36)33-7-8-34-20(12-33)19(11-29)30-23(34)24(26,27)28;17-13-6-5-9(7-12(13)16(21)22)8-14-10-3-1-2-4-11(10)15(20)19-18-14;9-8(10,11)7-14-5(6(12)16)4-3-13-1-2-15(4)7;9-8(10,11)7-14-5(3-12)6-4-13-1-2-15(6)7/h2*1-6,9H,7-8,10,12H2,(H,32,35);1-7H,8H2,(H,19,20)(H,21,22);13H,1-3H2,(H2,12,16);13H,1-2,4H2. The van der Waals surface area contributed by atoms with Gasteiger partial charge in [0.1, 0.15) is 35.7 Å². The van der Waals surface area contributed by atoms with Crippen LogP contribution in [0, 0.1) is 51.4 Å². The van der Waals surface area contributed by atoms with E-state index >= 15 is 0 Å². The van der Waals surface area contributed by atoms with Gasteiger partial charge in [-0.25, -0.2) is 53.2 Å². The Hall–Kier alpha value is -15.2. The number of aromatic amines is 3. The maximum absolute atomic E-state index is 14.7. The zero-order valence-electron chi connectivity index (χ0n) is 63.9. The van der Waals surface area contributed by atoms with Gasteiger partial charge in [0.15, 0.2) is 22.8 Å². The number of carbonyl (C=O) groups is 4. The molecule has 3 amide bonds. The number of amides is 3. The van der Waals surface area contributed by atoms with E-state index in [-0.39, 0.29) is 147 Å². The van der Waals surface area contributed by atoms with E-state index < -0.39 is 101 Å². The van der Waals surface area contributed by atoms with Crippen molar-refractivity contribution in [3.05, 3.63) is 295 Å². The van der Waals surface area contributed by atoms with E-state index in [4.69, 9.17) is 16.1 Å². The number of carboxylic acid groups (broad SMARTS) is 1. The van der Waals surface area contributed by atoms with Crippen molar-refractivity contribution in [2.24, 2.45) is 5.73 Å². The Bertz CT molecular complexity index is 6540. The lowest BCUT2D eigenvalue weighted by Crippen LogP contribution is -2.39. The highest BCUT2D eigenvalue weighted by Gasteiger charge is 2.45. The highest BCUT2D eigenvalue weighted by molar-refractivity contribution is 5.96. The van der Waals surface area contributed by atoms with E-state index in [0.717, 1.165) is 36.5 Å². The van der Waals surface area contributed by atoms with Gasteiger partial charge in [-0.2, -0.15) is 83.8 Å². The first kappa shape index (κ1) is 87.6. The highest BCUT2D eigenvalue weighted by atomic mass is 19.4. The summed E-state index contributed by atoms with van der Waals surface area (Å²) in [6.45, 7) is 0.260. The summed E-state index contributed by atoms with van der Waals surface area (Å²) in [7, 11) is 0. The van der Waals surface area contributed by atoms with Gasteiger partial charge < -0.3 is 49.5 Å². The third-order valence-corrected chi connectivity index (χ3v) is 20.1. The molecule has 0 unspecified atom stereocenters. The first-order valence-corrected chi connectivity index (χ1v) is 37.0. The highest BCUT2D eigenvalue weighted by Crippen LogP contribution is 2.37. The van der Waals surface area contributed by atoms with Gasteiger partial charge >= 0.3 is 30.7 Å². The summed E-state index contributed by atoms with van der Waals surface area (Å²) >= 11 is 0. The molecule has 0 saturated heterocycles. The molecular formula is C80H59F15N22O8. The molecule has 0 saturated carbocycles. The molecule has 7 aromatic heterocycles. The van der Waals surface area contributed by atoms with Gasteiger partial charge in [-0.15, -0.1) is 0 Å². The predicted octanol–water partition coefficient (Wildman–Crippen LogP) is 10.1. The molecule has 4 aliphatic heterocycles. The average Bonchev–Trinajstić information content (AvgIpc) is 1.66. The number of benzene rings is 6. The fourth-order valence-electron chi connectivity index (χ4n) is 14.4. The minimum Gasteiger partial charge on any atom is -0.478 e. The monoisotopic (exact) mass is 1740 g/mol. The Morgan fingerprint density at radius 2 is 0.712 bits per heavy atom. The quantitative estimate of drug-likeness (QED) is 0.0626. The zero-order chi connectivity index (χ0) is 89.9. The van der Waals surface area contributed by atoms with Crippen LogP contribution in [0.1, 0.15) is 138 Å². The second-order valence-electron chi connectivity index (χ2n) is 27.9. The van der Waals surface area contributed by atoms with Crippen LogP contribution in [-0.2, 0) is 96.3 Å². The molecule has 6 aromatic carbocycles. The maximum Gasteiger partial charge on any atom is 0.449 e. The topological polar surface area (TPSA) is 425 Å². The van der Waals surface area contributed by atoms with Crippen molar-refractivity contribution >= 4 is 56.0 Å². The van der Waals surface area contributed by atoms with Crippen molar-refractivity contribution in [2.45, 2.75) is 96.3 Å². The van der Waals surface area contributed by atoms with Gasteiger partial charge in [0.25, 0.3) is 34.4 Å². The Labute approximate surface area is 690 Å². The van der Waals surface area contributed by atoms with Gasteiger partial charge in [0.2, 0.25) is 23.3 Å². The summed E-state index contributed by atoms with van der Waals surface area (Å²) in [6.07, 6.45) is -17.9. The van der Waals surface area contributed by atoms with E-state index in [2.05, 4.69) is 61.2 Å². The first-order valence-electron chi connectivity index (χ1n) is 37.0. The van der Waals surface area contributed by atoms with Gasteiger partial charge in [-0.1, -0.05) is 72.8 Å². The number of aromatic nitrogens is 14. The molecule has 45 heteroatoms. The molecule has 11 heterocycles. The molecule has 0 fully saturated rings. The van der Waals surface area contributed by atoms with Crippen molar-refractivity contribution in [3.8, 4) is 18.2 Å². The number of nitriles is 3. The smallest absolute Gasteiger partial charge is 0.449 e. The molecule has 125 heavy (non-hydrogen) atoms. The second-order valence-corrected chi connectivity index (χ2v) is 27.9. The minimum absolute atomic E-state index is 0.0510. The number of hydrogen-bond donors (Lipinski definition) is 7. The number of nitrogens with two attached hydrogens (primary N) is 1. The lowest BCUT2D eigenvalue weighted by atomic mass is 10.0. The summed E-state index contributed by atoms with van der Waals surface area (Å²) in [6, 6.07) is 37.5. The van der Waals surface area contributed by atoms with Gasteiger partial charge in [0, 0.05) is 101 Å².